The fourth-order valence-electron chi connectivity index (χ4n) is 3.40. The number of rotatable bonds is 11. The first kappa shape index (κ1) is 23.7. The van der Waals surface area contributed by atoms with Crippen LogP contribution in [0.5, 0.6) is 0 Å². The smallest absolute Gasteiger partial charge is 0.240 e. The van der Waals surface area contributed by atoms with E-state index in [2.05, 4.69) is 4.72 Å². The van der Waals surface area contributed by atoms with Crippen LogP contribution < -0.4 is 4.72 Å². The van der Waals surface area contributed by atoms with Crippen molar-refractivity contribution in [2.75, 3.05) is 6.54 Å². The molecule has 6 heteroatoms. The molecule has 0 bridgehead atoms. The lowest BCUT2D eigenvalue weighted by atomic mass is 10.1. The van der Waals surface area contributed by atoms with Crippen LogP contribution in [0.25, 0.3) is 0 Å². The number of hydrogen-bond donors (Lipinski definition) is 1. The first-order valence-electron chi connectivity index (χ1n) is 10.9. The summed E-state index contributed by atoms with van der Waals surface area (Å²) in [6.45, 7) is 3.43. The molecular weight excluding hydrogens is 420 g/mol. The Morgan fingerprint density at radius 2 is 1.31 bits per heavy atom. The van der Waals surface area contributed by atoms with Gasteiger partial charge in [0.05, 0.1) is 4.90 Å². The number of aryl methyl sites for hydroxylation is 1. The fourth-order valence-corrected chi connectivity index (χ4v) is 4.54. The average molecular weight is 451 g/mol. The molecule has 168 valence electrons. The van der Waals surface area contributed by atoms with Gasteiger partial charge in [0.2, 0.25) is 15.9 Å². The molecule has 1 amide bonds. The van der Waals surface area contributed by atoms with Crippen LogP contribution in [0, 0.1) is 0 Å². The highest BCUT2D eigenvalue weighted by Gasteiger charge is 2.16. The van der Waals surface area contributed by atoms with Gasteiger partial charge in [0.25, 0.3) is 0 Å². The number of carbonyl (C=O) groups excluding carboxylic acids is 1. The number of benzene rings is 3. The van der Waals surface area contributed by atoms with Gasteiger partial charge in [0, 0.05) is 26.1 Å². The Balaban J connectivity index is 1.65. The molecule has 5 nitrogen and oxygen atoms in total. The van der Waals surface area contributed by atoms with Crippen molar-refractivity contribution in [3.05, 3.63) is 102 Å². The molecule has 32 heavy (non-hydrogen) atoms. The third-order valence-corrected chi connectivity index (χ3v) is 6.67. The lowest BCUT2D eigenvalue weighted by molar-refractivity contribution is -0.132. The molecule has 3 rings (SSSR count). The molecule has 0 fully saturated rings. The normalized spacial score (nSPS) is 11.3. The molecular formula is C26H30N2O3S. The Labute approximate surface area is 191 Å². The standard InChI is InChI=1S/C26H30N2O3S/c1-2-19-27-32(30,31)25-16-13-22(14-17-25)15-18-26(29)28(20-23-9-5-3-6-10-23)21-24-11-7-4-8-12-24/h3-14,16-17,27H,2,15,18-21H2,1H3. The second-order valence-electron chi connectivity index (χ2n) is 7.76. The summed E-state index contributed by atoms with van der Waals surface area (Å²) in [5, 5.41) is 0. The summed E-state index contributed by atoms with van der Waals surface area (Å²) >= 11 is 0. The van der Waals surface area contributed by atoms with E-state index in [4.69, 9.17) is 0 Å². The van der Waals surface area contributed by atoms with E-state index >= 15 is 0 Å². The minimum absolute atomic E-state index is 0.0685. The van der Waals surface area contributed by atoms with E-state index in [-0.39, 0.29) is 10.8 Å². The molecule has 0 aromatic heterocycles. The van der Waals surface area contributed by atoms with Crippen molar-refractivity contribution >= 4 is 15.9 Å². The molecule has 0 spiro atoms. The van der Waals surface area contributed by atoms with E-state index in [1.807, 2.05) is 72.5 Å². The van der Waals surface area contributed by atoms with Crippen molar-refractivity contribution in [1.29, 1.82) is 0 Å². The summed E-state index contributed by atoms with van der Waals surface area (Å²) in [4.78, 5) is 15.2. The van der Waals surface area contributed by atoms with Crippen LogP contribution in [0.15, 0.2) is 89.8 Å². The minimum atomic E-state index is -3.48. The van der Waals surface area contributed by atoms with Gasteiger partial charge in [-0.3, -0.25) is 4.79 Å². The van der Waals surface area contributed by atoms with Crippen LogP contribution in [-0.2, 0) is 34.3 Å². The van der Waals surface area contributed by atoms with E-state index in [1.54, 1.807) is 24.3 Å². The van der Waals surface area contributed by atoms with E-state index in [0.29, 0.717) is 32.5 Å². The molecule has 0 aliphatic rings. The summed E-state index contributed by atoms with van der Waals surface area (Å²) in [6, 6.07) is 26.7. The van der Waals surface area contributed by atoms with E-state index < -0.39 is 10.0 Å². The van der Waals surface area contributed by atoms with Crippen LogP contribution in [0.3, 0.4) is 0 Å². The molecule has 0 unspecified atom stereocenters. The Morgan fingerprint density at radius 3 is 1.81 bits per heavy atom. The van der Waals surface area contributed by atoms with Gasteiger partial charge < -0.3 is 4.90 Å². The summed E-state index contributed by atoms with van der Waals surface area (Å²) in [5.74, 6) is 0.0685. The van der Waals surface area contributed by atoms with Gasteiger partial charge in [0.1, 0.15) is 0 Å². The van der Waals surface area contributed by atoms with Crippen LogP contribution >= 0.6 is 0 Å². The van der Waals surface area contributed by atoms with Crippen molar-refractivity contribution in [1.82, 2.24) is 9.62 Å². The maximum atomic E-state index is 13.1. The van der Waals surface area contributed by atoms with Gasteiger partial charge >= 0.3 is 0 Å². The molecule has 3 aromatic rings. The van der Waals surface area contributed by atoms with Crippen LogP contribution in [0.2, 0.25) is 0 Å². The summed E-state index contributed by atoms with van der Waals surface area (Å²) in [5.41, 5.74) is 3.11. The maximum Gasteiger partial charge on any atom is 0.240 e. The zero-order valence-electron chi connectivity index (χ0n) is 18.4. The second kappa shape index (κ2) is 11.6. The summed E-state index contributed by atoms with van der Waals surface area (Å²) in [6.07, 6.45) is 1.66. The molecule has 0 aliphatic heterocycles. The number of nitrogens with zero attached hydrogens (tertiary/aromatic N) is 1. The lowest BCUT2D eigenvalue weighted by Crippen LogP contribution is -2.30. The van der Waals surface area contributed by atoms with Crippen molar-refractivity contribution < 1.29 is 13.2 Å². The number of nitrogens with one attached hydrogen (secondary N) is 1. The first-order chi connectivity index (χ1) is 15.5. The van der Waals surface area contributed by atoms with Crippen LogP contribution in [-0.4, -0.2) is 25.8 Å². The summed E-state index contributed by atoms with van der Waals surface area (Å²) in [7, 11) is -3.48. The predicted molar refractivity (Wildman–Crippen MR) is 127 cm³/mol. The maximum absolute atomic E-state index is 13.1. The van der Waals surface area contributed by atoms with Gasteiger partial charge in [-0.2, -0.15) is 0 Å². The predicted octanol–water partition coefficient (Wildman–Crippen LogP) is 4.54. The zero-order chi connectivity index (χ0) is 22.8. The molecule has 0 heterocycles. The highest BCUT2D eigenvalue weighted by Crippen LogP contribution is 2.15. The second-order valence-corrected chi connectivity index (χ2v) is 9.53. The quantitative estimate of drug-likeness (QED) is 0.467. The van der Waals surface area contributed by atoms with E-state index in [9.17, 15) is 13.2 Å². The largest absolute Gasteiger partial charge is 0.334 e. The van der Waals surface area contributed by atoms with Crippen molar-refractivity contribution in [2.45, 2.75) is 44.2 Å². The Morgan fingerprint density at radius 1 is 0.781 bits per heavy atom. The molecule has 1 N–H and O–H groups in total. The Bertz CT molecular complexity index is 1040. The third kappa shape index (κ3) is 7.04. The zero-order valence-corrected chi connectivity index (χ0v) is 19.2. The lowest BCUT2D eigenvalue weighted by Gasteiger charge is -2.23. The van der Waals surface area contributed by atoms with Gasteiger partial charge in [0.15, 0.2) is 0 Å². The van der Waals surface area contributed by atoms with Crippen molar-refractivity contribution in [3.8, 4) is 0 Å². The van der Waals surface area contributed by atoms with Gasteiger partial charge in [-0.25, -0.2) is 13.1 Å². The topological polar surface area (TPSA) is 66.5 Å². The minimum Gasteiger partial charge on any atom is -0.334 e. The molecule has 0 atom stereocenters. The van der Waals surface area contributed by atoms with Crippen LogP contribution in [0.4, 0.5) is 0 Å². The molecule has 0 aliphatic carbocycles. The highest BCUT2D eigenvalue weighted by molar-refractivity contribution is 7.89. The van der Waals surface area contributed by atoms with E-state index in [0.717, 1.165) is 23.1 Å². The van der Waals surface area contributed by atoms with Gasteiger partial charge in [-0.1, -0.05) is 79.7 Å². The molecule has 0 saturated carbocycles. The highest BCUT2D eigenvalue weighted by atomic mass is 32.2. The van der Waals surface area contributed by atoms with Crippen LogP contribution in [0.1, 0.15) is 36.5 Å². The molecule has 0 saturated heterocycles. The van der Waals surface area contributed by atoms with E-state index in [1.165, 1.54) is 0 Å². The molecule has 3 aromatic carbocycles. The Kier molecular flexibility index (Phi) is 8.59. The number of carbonyl (C=O) groups is 1. The van der Waals surface area contributed by atoms with Crippen molar-refractivity contribution in [2.24, 2.45) is 0 Å². The Hall–Kier alpha value is -2.96. The fraction of sp³-hybridized carbons (Fsp3) is 0.269. The van der Waals surface area contributed by atoms with Crippen molar-refractivity contribution in [3.63, 3.8) is 0 Å². The number of sulfonamides is 1. The summed E-state index contributed by atoms with van der Waals surface area (Å²) < 4.78 is 27.0. The monoisotopic (exact) mass is 450 g/mol. The number of amides is 1. The SMILES string of the molecule is CCCNS(=O)(=O)c1ccc(CCC(=O)N(Cc2ccccc2)Cc2ccccc2)cc1. The first-order valence-corrected chi connectivity index (χ1v) is 12.4. The number of hydrogen-bond acceptors (Lipinski definition) is 3. The third-order valence-electron chi connectivity index (χ3n) is 5.19. The molecule has 0 radical (unpaired) electrons. The van der Waals surface area contributed by atoms with Gasteiger partial charge in [-0.15, -0.1) is 0 Å². The average Bonchev–Trinajstić information content (AvgIpc) is 2.82. The van der Waals surface area contributed by atoms with Gasteiger partial charge in [-0.05, 0) is 41.7 Å².